The van der Waals surface area contributed by atoms with E-state index in [4.69, 9.17) is 0 Å². The average Bonchev–Trinajstić information content (AvgIpc) is 3.41. The molecule has 1 saturated heterocycles. The molecule has 2 aliphatic rings. The second-order valence-corrected chi connectivity index (χ2v) is 9.62. The standard InChI is InChI=1S/C17H24F2N6O2S/c1-3-23-11-20-22-15(23)13-9-24(10-17(13)6-4-5-7-17)28(26,27)14-8-21-25(12(14)2)16(18)19/h8,11,13,16H,3-7,9-10H2,1-2H3. The molecule has 0 bridgehead atoms. The van der Waals surface area contributed by atoms with Gasteiger partial charge in [0, 0.05) is 25.6 Å². The molecule has 1 aliphatic heterocycles. The Balaban J connectivity index is 1.72. The van der Waals surface area contributed by atoms with Gasteiger partial charge in [-0.25, -0.2) is 13.1 Å². The van der Waals surface area contributed by atoms with Crippen LogP contribution in [0.2, 0.25) is 0 Å². The Labute approximate surface area is 162 Å². The van der Waals surface area contributed by atoms with Crippen LogP contribution in [-0.4, -0.2) is 50.4 Å². The molecule has 1 unspecified atom stereocenters. The summed E-state index contributed by atoms with van der Waals surface area (Å²) in [6.07, 6.45) is 6.65. The van der Waals surface area contributed by atoms with Crippen molar-refractivity contribution in [1.29, 1.82) is 0 Å². The highest BCUT2D eigenvalue weighted by Crippen LogP contribution is 2.54. The molecular weight excluding hydrogens is 390 g/mol. The van der Waals surface area contributed by atoms with E-state index in [1.54, 1.807) is 6.33 Å². The lowest BCUT2D eigenvalue weighted by Crippen LogP contribution is -2.31. The normalized spacial score (nSPS) is 22.7. The van der Waals surface area contributed by atoms with Crippen LogP contribution >= 0.6 is 0 Å². The van der Waals surface area contributed by atoms with Crippen molar-refractivity contribution in [3.05, 3.63) is 24.0 Å². The number of aromatic nitrogens is 5. The third kappa shape index (κ3) is 2.86. The molecule has 2 aromatic rings. The molecule has 4 rings (SSSR count). The first-order valence-electron chi connectivity index (χ1n) is 9.50. The SMILES string of the molecule is CCn1cnnc1C1CN(S(=O)(=O)c2cnn(C(F)F)c2C)CC12CCCC2. The first-order valence-corrected chi connectivity index (χ1v) is 10.9. The van der Waals surface area contributed by atoms with Crippen LogP contribution in [0.4, 0.5) is 8.78 Å². The van der Waals surface area contributed by atoms with Crippen LogP contribution in [0.3, 0.4) is 0 Å². The van der Waals surface area contributed by atoms with Gasteiger partial charge < -0.3 is 4.57 Å². The fraction of sp³-hybridized carbons (Fsp3) is 0.706. The summed E-state index contributed by atoms with van der Waals surface area (Å²) >= 11 is 0. The lowest BCUT2D eigenvalue weighted by atomic mass is 9.76. The Morgan fingerprint density at radius 3 is 2.64 bits per heavy atom. The summed E-state index contributed by atoms with van der Waals surface area (Å²) in [6.45, 7) is 1.84. The largest absolute Gasteiger partial charge is 0.333 e. The lowest BCUT2D eigenvalue weighted by molar-refractivity contribution is 0.0541. The van der Waals surface area contributed by atoms with Crippen LogP contribution < -0.4 is 0 Å². The first kappa shape index (κ1) is 19.4. The van der Waals surface area contributed by atoms with Gasteiger partial charge in [0.05, 0.1) is 11.9 Å². The molecule has 154 valence electrons. The Morgan fingerprint density at radius 2 is 2.04 bits per heavy atom. The van der Waals surface area contributed by atoms with Crippen molar-refractivity contribution in [2.45, 2.75) is 63.4 Å². The Morgan fingerprint density at radius 1 is 1.32 bits per heavy atom. The topological polar surface area (TPSA) is 85.9 Å². The first-order chi connectivity index (χ1) is 13.3. The van der Waals surface area contributed by atoms with Crippen LogP contribution in [0.1, 0.15) is 56.6 Å². The Hall–Kier alpha value is -1.88. The zero-order valence-electron chi connectivity index (χ0n) is 15.9. The summed E-state index contributed by atoms with van der Waals surface area (Å²) in [5, 5.41) is 11.9. The fourth-order valence-electron chi connectivity index (χ4n) is 4.82. The minimum Gasteiger partial charge on any atom is -0.318 e. The Kier molecular flexibility index (Phi) is 4.77. The summed E-state index contributed by atoms with van der Waals surface area (Å²) in [5.41, 5.74) is -0.227. The maximum absolute atomic E-state index is 13.3. The van der Waals surface area contributed by atoms with Crippen LogP contribution in [-0.2, 0) is 16.6 Å². The predicted molar refractivity (Wildman–Crippen MR) is 96.3 cm³/mol. The number of aryl methyl sites for hydroxylation is 1. The van der Waals surface area contributed by atoms with Crippen LogP contribution in [0.15, 0.2) is 17.4 Å². The Bertz CT molecular complexity index is 964. The highest BCUT2D eigenvalue weighted by atomic mass is 32.2. The van der Waals surface area contributed by atoms with Gasteiger partial charge in [-0.05, 0) is 32.1 Å². The van der Waals surface area contributed by atoms with Gasteiger partial charge in [0.25, 0.3) is 0 Å². The highest BCUT2D eigenvalue weighted by Gasteiger charge is 2.53. The molecule has 1 spiro atoms. The third-order valence-corrected chi connectivity index (χ3v) is 8.23. The second-order valence-electron chi connectivity index (χ2n) is 7.71. The van der Waals surface area contributed by atoms with Crippen LogP contribution in [0.5, 0.6) is 0 Å². The van der Waals surface area contributed by atoms with E-state index in [1.165, 1.54) is 11.2 Å². The van der Waals surface area contributed by atoms with Crippen LogP contribution in [0, 0.1) is 12.3 Å². The summed E-state index contributed by atoms with van der Waals surface area (Å²) in [6, 6.07) is 0. The molecule has 1 saturated carbocycles. The van der Waals surface area contributed by atoms with Crippen molar-refractivity contribution >= 4 is 10.0 Å². The van der Waals surface area contributed by atoms with E-state index in [9.17, 15) is 17.2 Å². The number of sulfonamides is 1. The van der Waals surface area contributed by atoms with E-state index in [-0.39, 0.29) is 28.5 Å². The van der Waals surface area contributed by atoms with Crippen molar-refractivity contribution in [2.75, 3.05) is 13.1 Å². The van der Waals surface area contributed by atoms with Gasteiger partial charge in [0.1, 0.15) is 17.0 Å². The maximum Gasteiger partial charge on any atom is 0.333 e. The third-order valence-electron chi connectivity index (χ3n) is 6.32. The van der Waals surface area contributed by atoms with E-state index in [1.807, 2.05) is 11.5 Å². The van der Waals surface area contributed by atoms with Gasteiger partial charge in [-0.15, -0.1) is 10.2 Å². The van der Waals surface area contributed by atoms with Crippen molar-refractivity contribution in [3.8, 4) is 0 Å². The molecular formula is C17H24F2N6O2S. The maximum atomic E-state index is 13.3. The molecule has 0 N–H and O–H groups in total. The van der Waals surface area contributed by atoms with Gasteiger partial charge in [-0.2, -0.15) is 18.2 Å². The van der Waals surface area contributed by atoms with E-state index in [2.05, 4.69) is 15.3 Å². The van der Waals surface area contributed by atoms with Gasteiger partial charge >= 0.3 is 6.55 Å². The quantitative estimate of drug-likeness (QED) is 0.751. The second kappa shape index (κ2) is 6.87. The minimum atomic E-state index is -3.93. The monoisotopic (exact) mass is 414 g/mol. The highest BCUT2D eigenvalue weighted by molar-refractivity contribution is 7.89. The van der Waals surface area contributed by atoms with Crippen molar-refractivity contribution in [1.82, 2.24) is 28.9 Å². The molecule has 2 aromatic heterocycles. The summed E-state index contributed by atoms with van der Waals surface area (Å²) in [4.78, 5) is -0.154. The summed E-state index contributed by atoms with van der Waals surface area (Å²) < 4.78 is 56.5. The number of nitrogens with zero attached hydrogens (tertiary/aromatic N) is 6. The number of hydrogen-bond acceptors (Lipinski definition) is 5. The van der Waals surface area contributed by atoms with Crippen molar-refractivity contribution in [3.63, 3.8) is 0 Å². The van der Waals surface area contributed by atoms with Gasteiger partial charge in [-0.1, -0.05) is 12.8 Å². The van der Waals surface area contributed by atoms with Crippen molar-refractivity contribution in [2.24, 2.45) is 5.41 Å². The lowest BCUT2D eigenvalue weighted by Gasteiger charge is -2.29. The smallest absolute Gasteiger partial charge is 0.318 e. The van der Waals surface area contributed by atoms with E-state index < -0.39 is 16.6 Å². The number of rotatable bonds is 5. The molecule has 0 radical (unpaired) electrons. The van der Waals surface area contributed by atoms with Gasteiger partial charge in [0.15, 0.2) is 0 Å². The molecule has 11 heteroatoms. The molecule has 0 amide bonds. The molecule has 1 aliphatic carbocycles. The van der Waals surface area contributed by atoms with E-state index in [0.717, 1.165) is 37.7 Å². The number of halogens is 2. The molecule has 28 heavy (non-hydrogen) atoms. The fourth-order valence-corrected chi connectivity index (χ4v) is 6.52. The van der Waals surface area contributed by atoms with Gasteiger partial charge in [0.2, 0.25) is 10.0 Å². The summed E-state index contributed by atoms with van der Waals surface area (Å²) in [5.74, 6) is 0.750. The zero-order chi connectivity index (χ0) is 20.1. The molecule has 3 heterocycles. The average molecular weight is 414 g/mol. The van der Waals surface area contributed by atoms with E-state index in [0.29, 0.717) is 17.8 Å². The van der Waals surface area contributed by atoms with E-state index >= 15 is 0 Å². The molecule has 0 aromatic carbocycles. The molecule has 1 atom stereocenters. The minimum absolute atomic E-state index is 0.0457. The van der Waals surface area contributed by atoms with Gasteiger partial charge in [-0.3, -0.25) is 0 Å². The number of hydrogen-bond donors (Lipinski definition) is 0. The molecule has 8 nitrogen and oxygen atoms in total. The van der Waals surface area contributed by atoms with Crippen LogP contribution in [0.25, 0.3) is 0 Å². The van der Waals surface area contributed by atoms with Crippen molar-refractivity contribution < 1.29 is 17.2 Å². The predicted octanol–water partition coefficient (Wildman–Crippen LogP) is 2.55. The molecule has 2 fully saturated rings. The zero-order valence-corrected chi connectivity index (χ0v) is 16.7. The summed E-state index contributed by atoms with van der Waals surface area (Å²) in [7, 11) is -3.93. The number of alkyl halides is 2.